The molecular weight excluding hydrogens is 214 g/mol. The quantitative estimate of drug-likeness (QED) is 0.776. The number of carboxylic acid groups (broad SMARTS) is 1. The Morgan fingerprint density at radius 3 is 2.67 bits per heavy atom. The molecule has 2 rings (SSSR count). The minimum atomic E-state index is -0.712. The molecule has 1 aliphatic rings. The fraction of sp³-hybridized carbons (Fsp3) is 0.364. The number of carboxylic acids is 1. The van der Waals surface area contributed by atoms with Crippen molar-refractivity contribution in [3.8, 4) is 0 Å². The molecule has 1 fully saturated rings. The van der Waals surface area contributed by atoms with Crippen LogP contribution in [-0.2, 0) is 11.2 Å². The molecule has 0 aromatic heterocycles. The molecule has 0 bridgehead atoms. The lowest BCUT2D eigenvalue weighted by Gasteiger charge is -2.10. The van der Waals surface area contributed by atoms with Crippen LogP contribution in [0.2, 0.25) is 5.02 Å². The number of anilines is 1. The maximum atomic E-state index is 11.0. The van der Waals surface area contributed by atoms with Crippen molar-refractivity contribution in [2.24, 2.45) is 5.41 Å². The predicted molar refractivity (Wildman–Crippen MR) is 58.9 cm³/mol. The molecule has 0 aliphatic heterocycles. The van der Waals surface area contributed by atoms with Crippen molar-refractivity contribution >= 4 is 23.3 Å². The predicted octanol–water partition coefficient (Wildman–Crippen LogP) is 2.33. The van der Waals surface area contributed by atoms with Crippen LogP contribution < -0.4 is 5.73 Å². The lowest BCUT2D eigenvalue weighted by atomic mass is 9.96. The van der Waals surface area contributed by atoms with Gasteiger partial charge in [-0.25, -0.2) is 0 Å². The molecule has 0 amide bonds. The van der Waals surface area contributed by atoms with Crippen molar-refractivity contribution in [1.82, 2.24) is 0 Å². The molecular formula is C11H12ClNO2. The molecule has 4 heteroatoms. The second-order valence-corrected chi connectivity index (χ2v) is 4.53. The summed E-state index contributed by atoms with van der Waals surface area (Å²) in [6.07, 6.45) is 2.05. The normalized spacial score (nSPS) is 17.4. The maximum absolute atomic E-state index is 11.0. The van der Waals surface area contributed by atoms with Gasteiger partial charge < -0.3 is 10.8 Å². The molecule has 0 unspecified atom stereocenters. The summed E-state index contributed by atoms with van der Waals surface area (Å²) in [5.41, 5.74) is 6.57. The van der Waals surface area contributed by atoms with E-state index >= 15 is 0 Å². The fourth-order valence-electron chi connectivity index (χ4n) is 1.71. The first kappa shape index (κ1) is 10.3. The number of hydrogen-bond donors (Lipinski definition) is 2. The van der Waals surface area contributed by atoms with Gasteiger partial charge in [-0.15, -0.1) is 0 Å². The highest BCUT2D eigenvalue weighted by molar-refractivity contribution is 6.33. The van der Waals surface area contributed by atoms with E-state index in [1.54, 1.807) is 12.1 Å². The minimum absolute atomic E-state index is 0.510. The Morgan fingerprint density at radius 2 is 2.20 bits per heavy atom. The topological polar surface area (TPSA) is 63.3 Å². The molecule has 1 aromatic rings. The smallest absolute Gasteiger partial charge is 0.309 e. The Morgan fingerprint density at radius 1 is 1.53 bits per heavy atom. The Kier molecular flexibility index (Phi) is 2.35. The summed E-state index contributed by atoms with van der Waals surface area (Å²) in [5.74, 6) is -0.712. The highest BCUT2D eigenvalue weighted by atomic mass is 35.5. The molecule has 1 aromatic carbocycles. The van der Waals surface area contributed by atoms with Crippen molar-refractivity contribution in [3.05, 3.63) is 28.8 Å². The number of benzene rings is 1. The summed E-state index contributed by atoms with van der Waals surface area (Å²) in [6.45, 7) is 0. The molecule has 3 N–H and O–H groups in total. The van der Waals surface area contributed by atoms with Gasteiger partial charge in [0.05, 0.1) is 16.1 Å². The number of nitrogen functional groups attached to an aromatic ring is 1. The van der Waals surface area contributed by atoms with Crippen LogP contribution in [0.3, 0.4) is 0 Å². The van der Waals surface area contributed by atoms with E-state index in [1.807, 2.05) is 6.07 Å². The zero-order valence-electron chi connectivity index (χ0n) is 8.16. The molecule has 0 heterocycles. The van der Waals surface area contributed by atoms with Crippen LogP contribution in [0.5, 0.6) is 0 Å². The van der Waals surface area contributed by atoms with E-state index in [-0.39, 0.29) is 0 Å². The number of nitrogens with two attached hydrogens (primary N) is 1. The van der Waals surface area contributed by atoms with Gasteiger partial charge in [0.2, 0.25) is 0 Å². The lowest BCUT2D eigenvalue weighted by molar-refractivity contribution is -0.143. The van der Waals surface area contributed by atoms with E-state index in [2.05, 4.69) is 0 Å². The third kappa shape index (κ3) is 1.92. The van der Waals surface area contributed by atoms with Gasteiger partial charge in [-0.3, -0.25) is 4.79 Å². The molecule has 0 saturated heterocycles. The van der Waals surface area contributed by atoms with Gasteiger partial charge in [-0.2, -0.15) is 0 Å². The first-order valence-electron chi connectivity index (χ1n) is 4.81. The molecule has 0 spiro atoms. The Balaban J connectivity index is 2.18. The summed E-state index contributed by atoms with van der Waals surface area (Å²) in [4.78, 5) is 11.0. The number of aliphatic carboxylic acids is 1. The number of carbonyl (C=O) groups is 1. The molecule has 80 valence electrons. The zero-order valence-corrected chi connectivity index (χ0v) is 8.92. The van der Waals surface area contributed by atoms with Crippen LogP contribution in [0.1, 0.15) is 18.4 Å². The van der Waals surface area contributed by atoms with Crippen molar-refractivity contribution in [2.75, 3.05) is 5.73 Å². The van der Waals surface area contributed by atoms with E-state index in [9.17, 15) is 4.79 Å². The molecule has 0 atom stereocenters. The van der Waals surface area contributed by atoms with Crippen LogP contribution in [0, 0.1) is 5.41 Å². The highest BCUT2D eigenvalue weighted by Gasteiger charge is 2.49. The summed E-state index contributed by atoms with van der Waals surface area (Å²) in [6, 6.07) is 5.30. The fourth-order valence-corrected chi connectivity index (χ4v) is 1.83. The summed E-state index contributed by atoms with van der Waals surface area (Å²) >= 11 is 5.79. The third-order valence-corrected chi connectivity index (χ3v) is 3.25. The van der Waals surface area contributed by atoms with Crippen LogP contribution in [0.4, 0.5) is 5.69 Å². The van der Waals surface area contributed by atoms with E-state index in [0.29, 0.717) is 17.1 Å². The SMILES string of the molecule is Nc1cc(CC2(C(=O)O)CC2)ccc1Cl. The largest absolute Gasteiger partial charge is 0.481 e. The molecule has 3 nitrogen and oxygen atoms in total. The summed E-state index contributed by atoms with van der Waals surface area (Å²) < 4.78 is 0. The first-order valence-corrected chi connectivity index (χ1v) is 5.19. The highest BCUT2D eigenvalue weighted by Crippen LogP contribution is 2.48. The lowest BCUT2D eigenvalue weighted by Crippen LogP contribution is -2.17. The van der Waals surface area contributed by atoms with Gasteiger partial charge in [0, 0.05) is 0 Å². The van der Waals surface area contributed by atoms with Crippen LogP contribution in [0.15, 0.2) is 18.2 Å². The van der Waals surface area contributed by atoms with E-state index in [1.165, 1.54) is 0 Å². The minimum Gasteiger partial charge on any atom is -0.481 e. The molecule has 1 aliphatic carbocycles. The Labute approximate surface area is 92.8 Å². The van der Waals surface area contributed by atoms with Crippen molar-refractivity contribution in [2.45, 2.75) is 19.3 Å². The second-order valence-electron chi connectivity index (χ2n) is 4.12. The Bertz CT molecular complexity index is 413. The van der Waals surface area contributed by atoms with Crippen LogP contribution in [0.25, 0.3) is 0 Å². The average molecular weight is 226 g/mol. The van der Waals surface area contributed by atoms with Crippen LogP contribution >= 0.6 is 11.6 Å². The monoisotopic (exact) mass is 225 g/mol. The second kappa shape index (κ2) is 3.42. The van der Waals surface area contributed by atoms with Crippen molar-refractivity contribution < 1.29 is 9.90 Å². The maximum Gasteiger partial charge on any atom is 0.309 e. The molecule has 0 radical (unpaired) electrons. The summed E-state index contributed by atoms with van der Waals surface area (Å²) in [7, 11) is 0. The van der Waals surface area contributed by atoms with Gasteiger partial charge in [-0.05, 0) is 37.0 Å². The molecule has 1 saturated carbocycles. The standard InChI is InChI=1S/C11H12ClNO2/c12-8-2-1-7(5-9(8)13)6-11(3-4-11)10(14)15/h1-2,5H,3-4,6,13H2,(H,14,15). The average Bonchev–Trinajstić information content (AvgIpc) is 2.93. The van der Waals surface area contributed by atoms with Gasteiger partial charge in [-0.1, -0.05) is 17.7 Å². The van der Waals surface area contributed by atoms with E-state index in [0.717, 1.165) is 18.4 Å². The van der Waals surface area contributed by atoms with Gasteiger partial charge in [0.15, 0.2) is 0 Å². The zero-order chi connectivity index (χ0) is 11.1. The van der Waals surface area contributed by atoms with Gasteiger partial charge in [0.1, 0.15) is 0 Å². The molecule has 15 heavy (non-hydrogen) atoms. The third-order valence-electron chi connectivity index (χ3n) is 2.91. The van der Waals surface area contributed by atoms with Gasteiger partial charge in [0.25, 0.3) is 0 Å². The number of hydrogen-bond acceptors (Lipinski definition) is 2. The van der Waals surface area contributed by atoms with Crippen LogP contribution in [-0.4, -0.2) is 11.1 Å². The van der Waals surface area contributed by atoms with E-state index < -0.39 is 11.4 Å². The first-order chi connectivity index (χ1) is 7.03. The number of rotatable bonds is 3. The van der Waals surface area contributed by atoms with Crippen molar-refractivity contribution in [1.29, 1.82) is 0 Å². The van der Waals surface area contributed by atoms with Gasteiger partial charge >= 0.3 is 5.97 Å². The summed E-state index contributed by atoms with van der Waals surface area (Å²) in [5, 5.41) is 9.54. The number of halogens is 1. The van der Waals surface area contributed by atoms with Crippen molar-refractivity contribution in [3.63, 3.8) is 0 Å². The van der Waals surface area contributed by atoms with E-state index in [4.69, 9.17) is 22.4 Å². The Hall–Kier alpha value is -1.22.